The van der Waals surface area contributed by atoms with E-state index in [2.05, 4.69) is 11.8 Å². The lowest BCUT2D eigenvalue weighted by Crippen LogP contribution is -2.02. The van der Waals surface area contributed by atoms with Crippen LogP contribution in [-0.4, -0.2) is 25.3 Å². The van der Waals surface area contributed by atoms with E-state index < -0.39 is 29.5 Å². The SMILES string of the molecule is C#Cc1ccc(Oc2ccc(S(=O)(=O)c3ccc(Oc4ccc(Oc5ccc(S(=O)(=O)c6ccc(Oc7ccc(Oc8ccc(S(=O)(=O)c9ccc(Oc%10cccc(C#C)c%10)cc9)cc8)cc7)cc6)cc5)cc4)cc3)cc2)cc1. The molecule has 0 radical (unpaired) electrons. The second-order valence-electron chi connectivity index (χ2n) is 17.2. The molecule has 0 N–H and O–H groups in total. The number of hydrogen-bond acceptors (Lipinski definition) is 12. The minimum Gasteiger partial charge on any atom is -0.457 e. The number of rotatable bonds is 18. The van der Waals surface area contributed by atoms with Gasteiger partial charge in [0.15, 0.2) is 0 Å². The Balaban J connectivity index is 0.682. The maximum Gasteiger partial charge on any atom is 0.206 e. The summed E-state index contributed by atoms with van der Waals surface area (Å²) in [5.41, 5.74) is 1.39. The van der Waals surface area contributed by atoms with Crippen molar-refractivity contribution in [3.8, 4) is 93.7 Å². The third-order valence-electron chi connectivity index (χ3n) is 11.9. The van der Waals surface area contributed by atoms with Crippen molar-refractivity contribution in [1.82, 2.24) is 0 Å². The van der Waals surface area contributed by atoms with E-state index in [1.165, 1.54) is 72.8 Å². The first-order chi connectivity index (χ1) is 38.2. The molecule has 0 aliphatic rings. The summed E-state index contributed by atoms with van der Waals surface area (Å²) < 4.78 is 116. The topological polar surface area (TPSA) is 158 Å². The molecule has 15 heteroatoms. The molecular weight excluding hydrogens is 1060 g/mol. The molecule has 10 aromatic carbocycles. The second kappa shape index (κ2) is 22.7. The second-order valence-corrected chi connectivity index (χ2v) is 23.1. The molecule has 0 bridgehead atoms. The lowest BCUT2D eigenvalue weighted by molar-refractivity contribution is 0.468. The lowest BCUT2D eigenvalue weighted by atomic mass is 10.2. The molecule has 0 saturated carbocycles. The molecule has 0 atom stereocenters. The van der Waals surface area contributed by atoms with Gasteiger partial charge in [-0.1, -0.05) is 17.9 Å². The molecule has 0 aliphatic heterocycles. The molecular formula is C64H42O12S3. The van der Waals surface area contributed by atoms with Gasteiger partial charge in [-0.3, -0.25) is 0 Å². The van der Waals surface area contributed by atoms with E-state index in [0.717, 1.165) is 5.56 Å². The summed E-state index contributed by atoms with van der Waals surface area (Å²) in [7, 11) is -11.5. The van der Waals surface area contributed by atoms with Gasteiger partial charge in [0.05, 0.1) is 29.4 Å². The average Bonchev–Trinajstić information content (AvgIpc) is 3.50. The quantitative estimate of drug-likeness (QED) is 0.0750. The van der Waals surface area contributed by atoms with Gasteiger partial charge < -0.3 is 28.4 Å². The fourth-order valence-corrected chi connectivity index (χ4v) is 11.5. The Morgan fingerprint density at radius 1 is 0.228 bits per heavy atom. The van der Waals surface area contributed by atoms with Crippen molar-refractivity contribution >= 4 is 29.5 Å². The van der Waals surface area contributed by atoms with E-state index in [1.54, 1.807) is 170 Å². The summed E-state index contributed by atoms with van der Waals surface area (Å²) >= 11 is 0. The predicted octanol–water partition coefficient (Wildman–Crippen LogP) is 14.9. The van der Waals surface area contributed by atoms with Crippen molar-refractivity contribution in [1.29, 1.82) is 0 Å². The minimum atomic E-state index is -3.90. The molecule has 10 aromatic rings. The average molecular weight is 1100 g/mol. The Kier molecular flexibility index (Phi) is 15.0. The van der Waals surface area contributed by atoms with Crippen LogP contribution >= 0.6 is 0 Å². The molecule has 12 nitrogen and oxygen atoms in total. The van der Waals surface area contributed by atoms with Crippen LogP contribution in [0.1, 0.15) is 11.1 Å². The summed E-state index contributed by atoms with van der Waals surface area (Å²) in [5, 5.41) is 0. The van der Waals surface area contributed by atoms with Gasteiger partial charge in [-0.25, -0.2) is 25.3 Å². The molecule has 0 aromatic heterocycles. The van der Waals surface area contributed by atoms with Crippen LogP contribution in [0.5, 0.6) is 69.0 Å². The first kappa shape index (κ1) is 52.4. The van der Waals surface area contributed by atoms with Gasteiger partial charge in [-0.2, -0.15) is 0 Å². The monoisotopic (exact) mass is 1100 g/mol. The van der Waals surface area contributed by atoms with Crippen LogP contribution in [0.15, 0.2) is 272 Å². The Morgan fingerprint density at radius 3 is 0.633 bits per heavy atom. The van der Waals surface area contributed by atoms with Crippen LogP contribution in [0.25, 0.3) is 0 Å². The third-order valence-corrected chi connectivity index (χ3v) is 17.2. The largest absolute Gasteiger partial charge is 0.457 e. The van der Waals surface area contributed by atoms with Crippen molar-refractivity contribution in [2.75, 3.05) is 0 Å². The van der Waals surface area contributed by atoms with Crippen molar-refractivity contribution in [2.45, 2.75) is 29.4 Å². The maximum atomic E-state index is 13.6. The van der Waals surface area contributed by atoms with Gasteiger partial charge in [-0.05, 0) is 237 Å². The fraction of sp³-hybridized carbons (Fsp3) is 0. The Labute approximate surface area is 457 Å². The summed E-state index contributed by atoms with van der Waals surface area (Å²) in [6, 6.07) is 64.0. The molecule has 0 aliphatic carbocycles. The van der Waals surface area contributed by atoms with Crippen molar-refractivity contribution < 1.29 is 53.7 Å². The van der Waals surface area contributed by atoms with E-state index in [4.69, 9.17) is 41.3 Å². The highest BCUT2D eigenvalue weighted by molar-refractivity contribution is 7.92. The number of sulfone groups is 3. The van der Waals surface area contributed by atoms with E-state index in [9.17, 15) is 25.3 Å². The fourth-order valence-electron chi connectivity index (χ4n) is 7.77. The highest BCUT2D eigenvalue weighted by Gasteiger charge is 2.21. The smallest absolute Gasteiger partial charge is 0.206 e. The van der Waals surface area contributed by atoms with Gasteiger partial charge in [0.1, 0.15) is 69.0 Å². The molecule has 0 fully saturated rings. The Hall–Kier alpha value is -10.0. The van der Waals surface area contributed by atoms with E-state index in [-0.39, 0.29) is 29.4 Å². The Bertz CT molecular complexity index is 4210. The third kappa shape index (κ3) is 12.5. The molecule has 0 amide bonds. The minimum absolute atomic E-state index is 0.0652. The van der Waals surface area contributed by atoms with Gasteiger partial charge in [0.25, 0.3) is 0 Å². The van der Waals surface area contributed by atoms with Crippen molar-refractivity contribution in [3.05, 3.63) is 254 Å². The van der Waals surface area contributed by atoms with Crippen LogP contribution in [0, 0.1) is 24.7 Å². The van der Waals surface area contributed by atoms with Gasteiger partial charge in [0.2, 0.25) is 29.5 Å². The van der Waals surface area contributed by atoms with Crippen molar-refractivity contribution in [2.24, 2.45) is 0 Å². The first-order valence-electron chi connectivity index (χ1n) is 24.0. The maximum absolute atomic E-state index is 13.6. The zero-order valence-electron chi connectivity index (χ0n) is 41.4. The lowest BCUT2D eigenvalue weighted by Gasteiger charge is -2.11. The number of benzene rings is 10. The number of hydrogen-bond donors (Lipinski definition) is 0. The predicted molar refractivity (Wildman–Crippen MR) is 297 cm³/mol. The van der Waals surface area contributed by atoms with E-state index in [1.807, 2.05) is 0 Å². The van der Waals surface area contributed by atoms with E-state index in [0.29, 0.717) is 74.6 Å². The molecule has 10 rings (SSSR count). The van der Waals surface area contributed by atoms with Crippen LogP contribution in [0.2, 0.25) is 0 Å². The molecule has 0 heterocycles. The molecule has 79 heavy (non-hydrogen) atoms. The highest BCUT2D eigenvalue weighted by Crippen LogP contribution is 2.34. The number of terminal acetylenes is 2. The highest BCUT2D eigenvalue weighted by atomic mass is 32.2. The van der Waals surface area contributed by atoms with Crippen molar-refractivity contribution in [3.63, 3.8) is 0 Å². The van der Waals surface area contributed by atoms with Crippen LogP contribution in [0.4, 0.5) is 0 Å². The van der Waals surface area contributed by atoms with Crippen LogP contribution in [0.3, 0.4) is 0 Å². The molecule has 0 spiro atoms. The summed E-state index contributed by atoms with van der Waals surface area (Å²) in [6.07, 6.45) is 10.9. The zero-order valence-corrected chi connectivity index (χ0v) is 43.8. The Morgan fingerprint density at radius 2 is 0.418 bits per heavy atom. The van der Waals surface area contributed by atoms with Crippen LogP contribution < -0.4 is 28.4 Å². The zero-order chi connectivity index (χ0) is 55.0. The standard InChI is InChI=1S/C64H42O12S3/c1-3-45-8-10-47(11-9-45)71-52-20-32-59(33-21-52)77(65,66)60-34-22-53(23-35-60)72-48-12-14-49(15-13-48)73-54-24-36-61(37-25-54)78(67,68)62-38-26-55(27-39-62)74-50-16-18-51(19-17-50)75-56-28-40-63(41-29-56)79(69,70)64-42-30-57(31-43-64)76-58-7-5-6-46(4-2)44-58/h1-2,5-44H. The van der Waals surface area contributed by atoms with Gasteiger partial charge in [-0.15, -0.1) is 12.8 Å². The van der Waals surface area contributed by atoms with Crippen LogP contribution in [-0.2, 0) is 29.5 Å². The number of ether oxygens (including phenoxy) is 6. The molecule has 0 saturated heterocycles. The normalized spacial score (nSPS) is 11.3. The summed E-state index contributed by atoms with van der Waals surface area (Å²) in [6.45, 7) is 0. The van der Waals surface area contributed by atoms with Gasteiger partial charge in [0, 0.05) is 11.1 Å². The summed E-state index contributed by atoms with van der Waals surface area (Å²) in [5.74, 6) is 10.7. The summed E-state index contributed by atoms with van der Waals surface area (Å²) in [4.78, 5) is 0.520. The molecule has 388 valence electrons. The first-order valence-corrected chi connectivity index (χ1v) is 28.4. The molecule has 0 unspecified atom stereocenters. The van der Waals surface area contributed by atoms with Gasteiger partial charge >= 0.3 is 0 Å². The van der Waals surface area contributed by atoms with E-state index >= 15 is 0 Å².